The lowest BCUT2D eigenvalue weighted by Gasteiger charge is -2.29. The van der Waals surface area contributed by atoms with E-state index in [1.54, 1.807) is 35.5 Å². The molecule has 1 aliphatic heterocycles. The molecule has 2 atom stereocenters. The molecule has 0 bridgehead atoms. The lowest BCUT2D eigenvalue weighted by Crippen LogP contribution is -2.44. The van der Waals surface area contributed by atoms with Crippen molar-refractivity contribution in [2.45, 2.75) is 37.5 Å². The predicted molar refractivity (Wildman–Crippen MR) is 120 cm³/mol. The molecule has 4 rings (SSSR count). The van der Waals surface area contributed by atoms with Crippen LogP contribution in [0.1, 0.15) is 29.5 Å². The van der Waals surface area contributed by atoms with Crippen LogP contribution >= 0.6 is 23.1 Å². The molecule has 10 heteroatoms. The number of hydrogen-bond acceptors (Lipinski definition) is 7. The minimum absolute atomic E-state index is 0.274. The highest BCUT2D eigenvalue weighted by Gasteiger charge is 2.33. The summed E-state index contributed by atoms with van der Waals surface area (Å²) in [5.41, 5.74) is 14.6. The normalized spacial score (nSPS) is 18.3. The Balaban J connectivity index is 1.50. The second kappa shape index (κ2) is 8.78. The van der Waals surface area contributed by atoms with Gasteiger partial charge in [0.2, 0.25) is 0 Å². The number of thiazole rings is 1. The summed E-state index contributed by atoms with van der Waals surface area (Å²) < 4.78 is 39.3. The zero-order valence-electron chi connectivity index (χ0n) is 16.8. The van der Waals surface area contributed by atoms with Gasteiger partial charge in [0.15, 0.2) is 0 Å². The van der Waals surface area contributed by atoms with Crippen LogP contribution in [0.5, 0.6) is 0 Å². The van der Waals surface area contributed by atoms with Gasteiger partial charge in [0.25, 0.3) is 0 Å². The summed E-state index contributed by atoms with van der Waals surface area (Å²) in [5, 5.41) is 0.916. The number of nitrogens with two attached hydrogens (primary N) is 2. The number of nitrogens with zero attached hydrogens (tertiary/aromatic N) is 3. The number of alkyl halides is 3. The first kappa shape index (κ1) is 22.1. The first-order chi connectivity index (χ1) is 14.8. The van der Waals surface area contributed by atoms with Gasteiger partial charge in [-0.3, -0.25) is 4.98 Å². The summed E-state index contributed by atoms with van der Waals surface area (Å²) in [6.45, 7) is 2.57. The number of pyridine rings is 1. The first-order valence-electron chi connectivity index (χ1n) is 9.81. The third kappa shape index (κ3) is 4.72. The third-order valence-corrected chi connectivity index (χ3v) is 7.40. The van der Waals surface area contributed by atoms with Crippen LogP contribution in [-0.2, 0) is 12.6 Å². The van der Waals surface area contributed by atoms with Gasteiger partial charge in [-0.05, 0) is 36.6 Å². The van der Waals surface area contributed by atoms with Crippen molar-refractivity contribution >= 4 is 38.2 Å². The van der Waals surface area contributed by atoms with Crippen LogP contribution in [0.25, 0.3) is 15.1 Å². The van der Waals surface area contributed by atoms with Crippen molar-refractivity contribution < 1.29 is 13.2 Å². The zero-order chi connectivity index (χ0) is 22.2. The van der Waals surface area contributed by atoms with E-state index < -0.39 is 11.7 Å². The number of fused-ring (bicyclic) bond motifs is 1. The topological polar surface area (TPSA) is 81.1 Å². The van der Waals surface area contributed by atoms with Gasteiger partial charge in [0.1, 0.15) is 10.5 Å². The second-order valence-corrected chi connectivity index (χ2v) is 9.47. The highest BCUT2D eigenvalue weighted by atomic mass is 32.2. The molecule has 0 amide bonds. The van der Waals surface area contributed by atoms with Gasteiger partial charge in [-0.2, -0.15) is 13.2 Å². The van der Waals surface area contributed by atoms with Gasteiger partial charge >= 0.3 is 6.18 Å². The van der Waals surface area contributed by atoms with Crippen LogP contribution in [0, 0.1) is 0 Å². The molecule has 0 aliphatic carbocycles. The molecule has 0 saturated carbocycles. The van der Waals surface area contributed by atoms with Gasteiger partial charge in [0, 0.05) is 30.7 Å². The average molecular weight is 466 g/mol. The Morgan fingerprint density at radius 2 is 1.94 bits per heavy atom. The molecule has 1 aliphatic rings. The lowest BCUT2D eigenvalue weighted by atomic mass is 10.0. The molecule has 5 nitrogen and oxygen atoms in total. The fourth-order valence-corrected chi connectivity index (χ4v) is 5.90. The van der Waals surface area contributed by atoms with Gasteiger partial charge in [-0.1, -0.05) is 30.8 Å². The summed E-state index contributed by atoms with van der Waals surface area (Å²) in [5.74, 6) is 0. The predicted octanol–water partition coefficient (Wildman–Crippen LogP) is 4.65. The van der Waals surface area contributed by atoms with Crippen molar-refractivity contribution in [3.63, 3.8) is 0 Å². The Kier molecular flexibility index (Phi) is 6.25. The van der Waals surface area contributed by atoms with E-state index in [4.69, 9.17) is 16.5 Å². The molecular weight excluding hydrogens is 443 g/mol. The Morgan fingerprint density at radius 3 is 2.58 bits per heavy atom. The van der Waals surface area contributed by atoms with Gasteiger partial charge in [0.05, 0.1) is 20.7 Å². The summed E-state index contributed by atoms with van der Waals surface area (Å²) >= 11 is 3.14. The van der Waals surface area contributed by atoms with E-state index in [1.165, 1.54) is 12.1 Å². The quantitative estimate of drug-likeness (QED) is 0.552. The Hall–Kier alpha value is -2.14. The number of rotatable bonds is 6. The summed E-state index contributed by atoms with van der Waals surface area (Å²) in [7, 11) is 0. The Bertz CT molecular complexity index is 1060. The second-order valence-electron chi connectivity index (χ2n) is 7.31. The monoisotopic (exact) mass is 465 g/mol. The minimum atomic E-state index is -4.34. The molecule has 31 heavy (non-hydrogen) atoms. The molecule has 0 saturated heterocycles. The summed E-state index contributed by atoms with van der Waals surface area (Å²) in [6, 6.07) is 6.77. The van der Waals surface area contributed by atoms with Crippen LogP contribution in [0.3, 0.4) is 0 Å². The maximum atomic E-state index is 12.8. The minimum Gasteiger partial charge on any atom is -0.348 e. The Labute approximate surface area is 186 Å². The molecule has 164 valence electrons. The number of thioether (sulfide) groups is 1. The zero-order valence-corrected chi connectivity index (χ0v) is 18.4. The average Bonchev–Trinajstić information content (AvgIpc) is 3.28. The summed E-state index contributed by atoms with van der Waals surface area (Å²) in [6.07, 6.45) is 0.428. The van der Waals surface area contributed by atoms with Crippen molar-refractivity contribution in [3.8, 4) is 0 Å². The SMILES string of the molecule is CCC1=C(c2nc3ccncc3s2)SC(N)N1C[C@H](N)Cc1ccc(C(F)(F)F)cc1. The number of benzene rings is 1. The van der Waals surface area contributed by atoms with Gasteiger partial charge < -0.3 is 16.4 Å². The standard InChI is InChI=1S/C21H22F3N5S2/c1-2-16-18(19-28-15-7-8-27-10-17(15)30-19)31-20(26)29(16)11-14(25)9-12-3-5-13(6-4-12)21(22,23)24/h3-8,10,14,20H,2,9,11,25-26H2,1H3/t14-,20?/m1/s1. The highest BCUT2D eigenvalue weighted by molar-refractivity contribution is 8.09. The summed E-state index contributed by atoms with van der Waals surface area (Å²) in [4.78, 5) is 12.0. The van der Waals surface area contributed by atoms with Crippen molar-refractivity contribution in [2.75, 3.05) is 6.54 Å². The van der Waals surface area contributed by atoms with Gasteiger partial charge in [-0.25, -0.2) is 4.98 Å². The van der Waals surface area contributed by atoms with Crippen LogP contribution in [-0.4, -0.2) is 33.0 Å². The van der Waals surface area contributed by atoms with Crippen molar-refractivity contribution in [1.29, 1.82) is 0 Å². The highest BCUT2D eigenvalue weighted by Crippen LogP contribution is 2.45. The molecule has 3 aromatic rings. The van der Waals surface area contributed by atoms with E-state index in [0.717, 1.165) is 49.9 Å². The molecule has 1 unspecified atom stereocenters. The van der Waals surface area contributed by atoms with E-state index in [0.29, 0.717) is 13.0 Å². The third-order valence-electron chi connectivity index (χ3n) is 5.09. The van der Waals surface area contributed by atoms with Crippen LogP contribution in [0.15, 0.2) is 48.4 Å². The van der Waals surface area contributed by atoms with Crippen molar-refractivity contribution in [2.24, 2.45) is 11.5 Å². The number of aromatic nitrogens is 2. The van der Waals surface area contributed by atoms with Crippen LogP contribution in [0.4, 0.5) is 13.2 Å². The lowest BCUT2D eigenvalue weighted by molar-refractivity contribution is -0.137. The molecule has 4 N–H and O–H groups in total. The molecule has 0 spiro atoms. The number of halogens is 3. The first-order valence-corrected chi connectivity index (χ1v) is 11.5. The number of allylic oxidation sites excluding steroid dienone is 1. The van der Waals surface area contributed by atoms with E-state index in [2.05, 4.69) is 16.8 Å². The molecular formula is C21H22F3N5S2. The molecule has 0 fully saturated rings. The van der Waals surface area contributed by atoms with Crippen molar-refractivity contribution in [3.05, 3.63) is 64.6 Å². The fourth-order valence-electron chi connectivity index (χ4n) is 3.61. The Morgan fingerprint density at radius 1 is 1.19 bits per heavy atom. The maximum absolute atomic E-state index is 12.8. The maximum Gasteiger partial charge on any atom is 0.416 e. The molecule has 3 heterocycles. The van der Waals surface area contributed by atoms with E-state index in [1.807, 2.05) is 6.07 Å². The van der Waals surface area contributed by atoms with Crippen molar-refractivity contribution in [1.82, 2.24) is 14.9 Å². The smallest absolute Gasteiger partial charge is 0.348 e. The molecule has 1 aromatic carbocycles. The fraction of sp³-hybridized carbons (Fsp3) is 0.333. The largest absolute Gasteiger partial charge is 0.416 e. The van der Waals surface area contributed by atoms with E-state index in [9.17, 15) is 13.2 Å². The van der Waals surface area contributed by atoms with Crippen LogP contribution < -0.4 is 11.5 Å². The van der Waals surface area contributed by atoms with E-state index >= 15 is 0 Å². The number of hydrogen-bond donors (Lipinski definition) is 2. The van der Waals surface area contributed by atoms with E-state index in [-0.39, 0.29) is 11.5 Å². The van der Waals surface area contributed by atoms with Crippen LogP contribution in [0.2, 0.25) is 0 Å². The molecule has 0 radical (unpaired) electrons. The molecule has 2 aromatic heterocycles. The van der Waals surface area contributed by atoms with Gasteiger partial charge in [-0.15, -0.1) is 11.3 Å².